The van der Waals surface area contributed by atoms with Crippen LogP contribution in [0.4, 0.5) is 0 Å². The molecule has 0 aliphatic heterocycles. The molecule has 0 heterocycles. The number of primary amides is 1. The van der Waals surface area contributed by atoms with Gasteiger partial charge in [-0.1, -0.05) is 6.42 Å². The number of hydrogen-bond donors (Lipinski definition) is 2. The molecule has 0 bridgehead atoms. The number of carboxylic acids is 1. The van der Waals surface area contributed by atoms with Crippen LogP contribution in [0.3, 0.4) is 0 Å². The molecule has 1 aliphatic carbocycles. The summed E-state index contributed by atoms with van der Waals surface area (Å²) in [7, 11) is 0. The number of amides is 1. The molecule has 0 saturated carbocycles. The van der Waals surface area contributed by atoms with E-state index in [0.29, 0.717) is 18.4 Å². The van der Waals surface area contributed by atoms with E-state index < -0.39 is 11.9 Å². The molecule has 0 aromatic carbocycles. The van der Waals surface area contributed by atoms with Gasteiger partial charge >= 0.3 is 5.97 Å². The first kappa shape index (κ1) is 9.77. The third kappa shape index (κ3) is 2.31. The highest BCUT2D eigenvalue weighted by molar-refractivity contribution is 6.01. The van der Waals surface area contributed by atoms with Crippen molar-refractivity contribution in [2.45, 2.75) is 32.1 Å². The van der Waals surface area contributed by atoms with E-state index >= 15 is 0 Å². The molecule has 13 heavy (non-hydrogen) atoms. The summed E-state index contributed by atoms with van der Waals surface area (Å²) in [6, 6.07) is 0. The van der Waals surface area contributed by atoms with Gasteiger partial charge < -0.3 is 10.8 Å². The normalized spacial score (nSPS) is 18.2. The lowest BCUT2D eigenvalue weighted by Gasteiger charge is -2.03. The highest BCUT2D eigenvalue weighted by atomic mass is 16.4. The summed E-state index contributed by atoms with van der Waals surface area (Å²) in [6.45, 7) is 0. The number of hydrogen-bond acceptors (Lipinski definition) is 2. The van der Waals surface area contributed by atoms with E-state index in [0.717, 1.165) is 19.3 Å². The van der Waals surface area contributed by atoms with Crippen molar-refractivity contribution in [3.8, 4) is 0 Å². The van der Waals surface area contributed by atoms with Crippen molar-refractivity contribution in [2.75, 3.05) is 0 Å². The van der Waals surface area contributed by atoms with Crippen LogP contribution in [0, 0.1) is 0 Å². The standard InChI is InChI=1S/C9H13NO3/c10-8(11)6-4-2-1-3-5-7(6)9(12)13/h1-5H2,(H2,10,11)(H,12,13). The second kappa shape index (κ2) is 4.07. The number of aliphatic carboxylic acids is 1. The number of carboxylic acid groups (broad SMARTS) is 1. The maximum absolute atomic E-state index is 10.9. The second-order valence-corrected chi connectivity index (χ2v) is 3.19. The Bertz CT molecular complexity index is 242. The molecule has 0 unspecified atom stereocenters. The van der Waals surface area contributed by atoms with Gasteiger partial charge in [-0.05, 0) is 25.7 Å². The lowest BCUT2D eigenvalue weighted by atomic mass is 10.0. The average Bonchev–Trinajstić information content (AvgIpc) is 2.27. The van der Waals surface area contributed by atoms with Crippen LogP contribution < -0.4 is 5.73 Å². The first-order valence-corrected chi connectivity index (χ1v) is 4.38. The van der Waals surface area contributed by atoms with Crippen LogP contribution in [0.25, 0.3) is 0 Å². The minimum atomic E-state index is -1.00. The summed E-state index contributed by atoms with van der Waals surface area (Å²) in [5, 5.41) is 8.82. The van der Waals surface area contributed by atoms with E-state index in [-0.39, 0.29) is 5.57 Å². The van der Waals surface area contributed by atoms with E-state index in [1.165, 1.54) is 0 Å². The summed E-state index contributed by atoms with van der Waals surface area (Å²) in [5.74, 6) is -1.59. The summed E-state index contributed by atoms with van der Waals surface area (Å²) in [5.41, 5.74) is 5.63. The third-order valence-corrected chi connectivity index (χ3v) is 2.27. The number of carbonyl (C=O) groups is 2. The third-order valence-electron chi connectivity index (χ3n) is 2.27. The Morgan fingerprint density at radius 2 is 1.62 bits per heavy atom. The van der Waals surface area contributed by atoms with Gasteiger partial charge in [-0.15, -0.1) is 0 Å². The van der Waals surface area contributed by atoms with Gasteiger partial charge in [0, 0.05) is 11.1 Å². The topological polar surface area (TPSA) is 80.4 Å². The Kier molecular flexibility index (Phi) is 3.06. The van der Waals surface area contributed by atoms with Crippen molar-refractivity contribution in [2.24, 2.45) is 5.73 Å². The molecule has 4 nitrogen and oxygen atoms in total. The van der Waals surface area contributed by atoms with E-state index in [1.54, 1.807) is 0 Å². The smallest absolute Gasteiger partial charge is 0.332 e. The highest BCUT2D eigenvalue weighted by Gasteiger charge is 2.20. The fraction of sp³-hybridized carbons (Fsp3) is 0.556. The summed E-state index contributed by atoms with van der Waals surface area (Å²) in [6.07, 6.45) is 3.63. The first-order chi connectivity index (χ1) is 6.13. The fourth-order valence-electron chi connectivity index (χ4n) is 1.59. The van der Waals surface area contributed by atoms with Crippen LogP contribution >= 0.6 is 0 Å². The second-order valence-electron chi connectivity index (χ2n) is 3.19. The summed E-state index contributed by atoms with van der Waals surface area (Å²) >= 11 is 0. The van der Waals surface area contributed by atoms with Crippen LogP contribution in [0.5, 0.6) is 0 Å². The minimum Gasteiger partial charge on any atom is -0.478 e. The lowest BCUT2D eigenvalue weighted by molar-refractivity contribution is -0.133. The molecule has 1 aliphatic rings. The Labute approximate surface area is 76.4 Å². The van der Waals surface area contributed by atoms with E-state index in [4.69, 9.17) is 10.8 Å². The quantitative estimate of drug-likeness (QED) is 0.665. The summed E-state index contributed by atoms with van der Waals surface area (Å²) in [4.78, 5) is 21.7. The fourth-order valence-corrected chi connectivity index (χ4v) is 1.59. The minimum absolute atomic E-state index is 0.213. The van der Waals surface area contributed by atoms with Gasteiger partial charge in [0.15, 0.2) is 0 Å². The predicted octanol–water partition coefficient (Wildman–Crippen LogP) is 0.817. The average molecular weight is 183 g/mol. The Morgan fingerprint density at radius 3 is 2.08 bits per heavy atom. The SMILES string of the molecule is NC(=O)C1=C(C(=O)O)CCCCC1. The zero-order valence-electron chi connectivity index (χ0n) is 7.38. The molecule has 72 valence electrons. The lowest BCUT2D eigenvalue weighted by Crippen LogP contribution is -2.18. The van der Waals surface area contributed by atoms with E-state index in [1.807, 2.05) is 0 Å². The molecule has 0 aromatic heterocycles. The molecule has 0 fully saturated rings. The number of rotatable bonds is 2. The highest BCUT2D eigenvalue weighted by Crippen LogP contribution is 2.23. The number of nitrogens with two attached hydrogens (primary N) is 1. The van der Waals surface area contributed by atoms with Gasteiger partial charge in [-0.25, -0.2) is 4.79 Å². The zero-order valence-corrected chi connectivity index (χ0v) is 7.38. The van der Waals surface area contributed by atoms with E-state index in [2.05, 4.69) is 0 Å². The molecule has 1 amide bonds. The van der Waals surface area contributed by atoms with Crippen LogP contribution in [-0.2, 0) is 9.59 Å². The van der Waals surface area contributed by atoms with Gasteiger partial charge in [-0.3, -0.25) is 4.79 Å². The Balaban J connectivity index is 2.99. The van der Waals surface area contributed by atoms with Crippen LogP contribution in [-0.4, -0.2) is 17.0 Å². The molecule has 0 saturated heterocycles. The van der Waals surface area contributed by atoms with Crippen molar-refractivity contribution in [1.82, 2.24) is 0 Å². The van der Waals surface area contributed by atoms with Crippen molar-refractivity contribution < 1.29 is 14.7 Å². The zero-order chi connectivity index (χ0) is 9.84. The molecule has 0 spiro atoms. The molecule has 1 rings (SSSR count). The molecule has 3 N–H and O–H groups in total. The van der Waals surface area contributed by atoms with Gasteiger partial charge in [0.25, 0.3) is 0 Å². The van der Waals surface area contributed by atoms with Crippen LogP contribution in [0.1, 0.15) is 32.1 Å². The molecule has 0 radical (unpaired) electrons. The van der Waals surface area contributed by atoms with Gasteiger partial charge in [0.2, 0.25) is 5.91 Å². The monoisotopic (exact) mass is 183 g/mol. The molecular weight excluding hydrogens is 170 g/mol. The molecule has 0 aromatic rings. The maximum Gasteiger partial charge on any atom is 0.332 e. The van der Waals surface area contributed by atoms with Crippen molar-refractivity contribution in [1.29, 1.82) is 0 Å². The van der Waals surface area contributed by atoms with Gasteiger partial charge in [0.05, 0.1) is 0 Å². The number of carbonyl (C=O) groups excluding carboxylic acids is 1. The Morgan fingerprint density at radius 1 is 1.08 bits per heavy atom. The van der Waals surface area contributed by atoms with E-state index in [9.17, 15) is 9.59 Å². The molecule has 4 heteroatoms. The van der Waals surface area contributed by atoms with Gasteiger partial charge in [-0.2, -0.15) is 0 Å². The van der Waals surface area contributed by atoms with Crippen molar-refractivity contribution in [3.05, 3.63) is 11.1 Å². The van der Waals surface area contributed by atoms with Crippen LogP contribution in [0.2, 0.25) is 0 Å². The largest absolute Gasteiger partial charge is 0.478 e. The maximum atomic E-state index is 10.9. The molecular formula is C9H13NO3. The van der Waals surface area contributed by atoms with Gasteiger partial charge in [0.1, 0.15) is 0 Å². The summed E-state index contributed by atoms with van der Waals surface area (Å²) < 4.78 is 0. The first-order valence-electron chi connectivity index (χ1n) is 4.38. The van der Waals surface area contributed by atoms with Crippen molar-refractivity contribution >= 4 is 11.9 Å². The molecule has 0 atom stereocenters. The van der Waals surface area contributed by atoms with Crippen molar-refractivity contribution in [3.63, 3.8) is 0 Å². The Hall–Kier alpha value is -1.32. The van der Waals surface area contributed by atoms with Crippen LogP contribution in [0.15, 0.2) is 11.1 Å². The predicted molar refractivity (Wildman–Crippen MR) is 46.9 cm³/mol.